The van der Waals surface area contributed by atoms with E-state index in [4.69, 9.17) is 0 Å². The van der Waals surface area contributed by atoms with E-state index in [1.807, 2.05) is 24.2 Å². The molecule has 0 aromatic carbocycles. The van der Waals surface area contributed by atoms with Gasteiger partial charge in [-0.1, -0.05) is 13.8 Å². The monoisotopic (exact) mass is 327 g/mol. The van der Waals surface area contributed by atoms with Gasteiger partial charge in [0.25, 0.3) is 0 Å². The number of aromatic nitrogens is 4. The summed E-state index contributed by atoms with van der Waals surface area (Å²) in [5, 5.41) is 11.7. The van der Waals surface area contributed by atoms with Gasteiger partial charge in [0.15, 0.2) is 0 Å². The second-order valence-corrected chi connectivity index (χ2v) is 6.85. The molecule has 2 aromatic heterocycles. The molecule has 6 nitrogen and oxygen atoms in total. The van der Waals surface area contributed by atoms with Crippen molar-refractivity contribution in [3.05, 3.63) is 41.0 Å². The number of aromatic amines is 1. The molecular formula is C18H25N5O. The Morgan fingerprint density at radius 2 is 2.29 bits per heavy atom. The molecule has 0 spiro atoms. The van der Waals surface area contributed by atoms with Crippen LogP contribution in [0.1, 0.15) is 42.8 Å². The van der Waals surface area contributed by atoms with Gasteiger partial charge in [0, 0.05) is 55.7 Å². The largest absolute Gasteiger partial charge is 0.334 e. The van der Waals surface area contributed by atoms with Gasteiger partial charge in [0.1, 0.15) is 0 Å². The van der Waals surface area contributed by atoms with E-state index in [1.165, 1.54) is 11.3 Å². The number of fused-ring (bicyclic) bond motifs is 1. The number of hydrogen-bond donors (Lipinski definition) is 1. The van der Waals surface area contributed by atoms with Crippen molar-refractivity contribution in [2.75, 3.05) is 6.54 Å². The molecule has 1 aliphatic heterocycles. The van der Waals surface area contributed by atoms with Crippen LogP contribution in [-0.4, -0.2) is 37.3 Å². The second-order valence-electron chi connectivity index (χ2n) is 6.85. The molecule has 24 heavy (non-hydrogen) atoms. The Balaban J connectivity index is 1.66. The summed E-state index contributed by atoms with van der Waals surface area (Å²) in [6.45, 7) is 5.82. The summed E-state index contributed by atoms with van der Waals surface area (Å²) >= 11 is 0. The van der Waals surface area contributed by atoms with Gasteiger partial charge in [-0.15, -0.1) is 0 Å². The third-order valence-electron chi connectivity index (χ3n) is 4.43. The summed E-state index contributed by atoms with van der Waals surface area (Å²) < 4.78 is 1.73. The minimum absolute atomic E-state index is 0.0421. The molecular weight excluding hydrogens is 302 g/mol. The fraction of sp³-hybridized carbons (Fsp3) is 0.500. The first-order chi connectivity index (χ1) is 11.5. The average Bonchev–Trinajstić information content (AvgIpc) is 3.16. The number of H-pyrrole nitrogens is 1. The van der Waals surface area contributed by atoms with Crippen LogP contribution in [0.2, 0.25) is 0 Å². The van der Waals surface area contributed by atoms with E-state index in [2.05, 4.69) is 29.1 Å². The van der Waals surface area contributed by atoms with Crippen molar-refractivity contribution >= 4 is 12.0 Å². The van der Waals surface area contributed by atoms with E-state index in [0.29, 0.717) is 12.5 Å². The first kappa shape index (κ1) is 16.5. The molecule has 3 rings (SSSR count). The molecule has 0 saturated heterocycles. The van der Waals surface area contributed by atoms with E-state index in [0.717, 1.165) is 37.1 Å². The summed E-state index contributed by atoms with van der Waals surface area (Å²) in [4.78, 5) is 14.4. The molecule has 0 bridgehead atoms. The maximum atomic E-state index is 12.5. The topological polar surface area (TPSA) is 66.8 Å². The lowest BCUT2D eigenvalue weighted by molar-refractivity contribution is -0.126. The fourth-order valence-corrected chi connectivity index (χ4v) is 2.97. The summed E-state index contributed by atoms with van der Waals surface area (Å²) in [5.74, 6) is 0.696. The Morgan fingerprint density at radius 3 is 3.00 bits per heavy atom. The summed E-state index contributed by atoms with van der Waals surface area (Å²) in [6, 6.07) is 0. The first-order valence-corrected chi connectivity index (χ1v) is 8.53. The number of hydrogen-bond acceptors (Lipinski definition) is 3. The highest BCUT2D eigenvalue weighted by molar-refractivity contribution is 5.91. The van der Waals surface area contributed by atoms with Gasteiger partial charge in [-0.05, 0) is 24.8 Å². The highest BCUT2D eigenvalue weighted by Crippen LogP contribution is 2.22. The van der Waals surface area contributed by atoms with Crippen LogP contribution >= 0.6 is 0 Å². The third-order valence-corrected chi connectivity index (χ3v) is 4.43. The van der Waals surface area contributed by atoms with E-state index < -0.39 is 0 Å². The number of carbonyl (C=O) groups excluding carboxylic acids is 1. The minimum atomic E-state index is 0.0421. The van der Waals surface area contributed by atoms with Crippen molar-refractivity contribution in [2.45, 2.75) is 39.7 Å². The second kappa shape index (κ2) is 7.03. The Labute approximate surface area is 142 Å². The smallest absolute Gasteiger partial charge is 0.246 e. The maximum absolute atomic E-state index is 12.5. The number of nitrogens with one attached hydrogen (secondary N) is 1. The van der Waals surface area contributed by atoms with Gasteiger partial charge in [-0.2, -0.15) is 10.2 Å². The molecule has 0 atom stereocenters. The number of aryl methyl sites for hydroxylation is 2. The van der Waals surface area contributed by atoms with Gasteiger partial charge in [0.05, 0.1) is 11.9 Å². The molecule has 1 amide bonds. The van der Waals surface area contributed by atoms with Crippen molar-refractivity contribution in [1.82, 2.24) is 24.9 Å². The fourth-order valence-electron chi connectivity index (χ4n) is 2.97. The van der Waals surface area contributed by atoms with Crippen molar-refractivity contribution in [1.29, 1.82) is 0 Å². The predicted octanol–water partition coefficient (Wildman–Crippen LogP) is 2.33. The number of rotatable bonds is 5. The van der Waals surface area contributed by atoms with Crippen LogP contribution in [0.3, 0.4) is 0 Å². The Bertz CT molecular complexity index is 740. The molecule has 1 N–H and O–H groups in total. The SMILES string of the molecule is CC(C)CCc1n[nH]c2c1CN(C(=O)C=Cc1cnn(C)c1)CC2. The van der Waals surface area contributed by atoms with Crippen LogP contribution in [-0.2, 0) is 31.2 Å². The predicted molar refractivity (Wildman–Crippen MR) is 93.1 cm³/mol. The molecule has 0 aliphatic carbocycles. The van der Waals surface area contributed by atoms with Crippen LogP contribution in [0.4, 0.5) is 0 Å². The van der Waals surface area contributed by atoms with Crippen molar-refractivity contribution in [3.63, 3.8) is 0 Å². The van der Waals surface area contributed by atoms with Crippen molar-refractivity contribution in [2.24, 2.45) is 13.0 Å². The average molecular weight is 327 g/mol. The van der Waals surface area contributed by atoms with Crippen LogP contribution in [0.25, 0.3) is 6.08 Å². The lowest BCUT2D eigenvalue weighted by atomic mass is 10.00. The van der Waals surface area contributed by atoms with Gasteiger partial charge >= 0.3 is 0 Å². The van der Waals surface area contributed by atoms with Crippen molar-refractivity contribution in [3.8, 4) is 0 Å². The zero-order chi connectivity index (χ0) is 17.1. The van der Waals surface area contributed by atoms with Crippen LogP contribution in [0.15, 0.2) is 18.5 Å². The van der Waals surface area contributed by atoms with E-state index in [9.17, 15) is 4.79 Å². The summed E-state index contributed by atoms with van der Waals surface area (Å²) in [7, 11) is 1.86. The van der Waals surface area contributed by atoms with Crippen LogP contribution in [0, 0.1) is 5.92 Å². The van der Waals surface area contributed by atoms with Gasteiger partial charge in [-0.25, -0.2) is 0 Å². The molecule has 0 radical (unpaired) electrons. The zero-order valence-corrected chi connectivity index (χ0v) is 14.6. The quantitative estimate of drug-likeness (QED) is 0.857. The van der Waals surface area contributed by atoms with E-state index in [1.54, 1.807) is 17.0 Å². The van der Waals surface area contributed by atoms with Crippen molar-refractivity contribution < 1.29 is 4.79 Å². The molecule has 128 valence electrons. The van der Waals surface area contributed by atoms with E-state index >= 15 is 0 Å². The van der Waals surface area contributed by atoms with Gasteiger partial charge in [0.2, 0.25) is 5.91 Å². The lowest BCUT2D eigenvalue weighted by Gasteiger charge is -2.26. The third kappa shape index (κ3) is 3.75. The highest BCUT2D eigenvalue weighted by atomic mass is 16.2. The lowest BCUT2D eigenvalue weighted by Crippen LogP contribution is -2.35. The summed E-state index contributed by atoms with van der Waals surface area (Å²) in [6.07, 6.45) is 10.0. The first-order valence-electron chi connectivity index (χ1n) is 8.53. The molecule has 3 heterocycles. The highest BCUT2D eigenvalue weighted by Gasteiger charge is 2.23. The molecule has 0 saturated carbocycles. The van der Waals surface area contributed by atoms with Crippen LogP contribution < -0.4 is 0 Å². The summed E-state index contributed by atoms with van der Waals surface area (Å²) in [5.41, 5.74) is 4.45. The standard InChI is InChI=1S/C18H25N5O/c1-13(2)4-6-16-15-12-23(9-8-17(15)21-20-16)18(24)7-5-14-10-19-22(3)11-14/h5,7,10-11,13H,4,6,8-9,12H2,1-3H3,(H,20,21). The number of nitrogens with zero attached hydrogens (tertiary/aromatic N) is 4. The Kier molecular flexibility index (Phi) is 4.83. The molecule has 0 unspecified atom stereocenters. The van der Waals surface area contributed by atoms with Gasteiger partial charge < -0.3 is 4.90 Å². The number of amides is 1. The van der Waals surface area contributed by atoms with E-state index in [-0.39, 0.29) is 5.91 Å². The maximum Gasteiger partial charge on any atom is 0.246 e. The van der Waals surface area contributed by atoms with Crippen LogP contribution in [0.5, 0.6) is 0 Å². The van der Waals surface area contributed by atoms with Gasteiger partial charge in [-0.3, -0.25) is 14.6 Å². The minimum Gasteiger partial charge on any atom is -0.334 e. The number of carbonyl (C=O) groups is 1. The molecule has 2 aromatic rings. The zero-order valence-electron chi connectivity index (χ0n) is 14.6. The Hall–Kier alpha value is -2.37. The Morgan fingerprint density at radius 1 is 1.46 bits per heavy atom. The normalized spacial score (nSPS) is 14.6. The molecule has 6 heteroatoms. The molecule has 1 aliphatic rings. The molecule has 0 fully saturated rings.